The summed E-state index contributed by atoms with van der Waals surface area (Å²) < 4.78 is 5.63. The maximum Gasteiger partial charge on any atom is 0.303 e. The molecule has 0 saturated carbocycles. The lowest BCUT2D eigenvalue weighted by Crippen LogP contribution is -2.50. The van der Waals surface area contributed by atoms with Crippen LogP contribution in [0.4, 0.5) is 0 Å². The van der Waals surface area contributed by atoms with Gasteiger partial charge in [-0.15, -0.1) is 0 Å². The molecule has 0 aromatic heterocycles. The summed E-state index contributed by atoms with van der Waals surface area (Å²) in [6, 6.07) is 5.93. The molecule has 1 saturated heterocycles. The van der Waals surface area contributed by atoms with Crippen molar-refractivity contribution in [3.8, 4) is 5.75 Å². The molecule has 1 aliphatic heterocycles. The van der Waals surface area contributed by atoms with E-state index in [0.29, 0.717) is 19.5 Å². The molecule has 132 valence electrons. The molecule has 0 spiro atoms. The van der Waals surface area contributed by atoms with Crippen LogP contribution in [0, 0.1) is 13.8 Å². The summed E-state index contributed by atoms with van der Waals surface area (Å²) >= 11 is 0. The van der Waals surface area contributed by atoms with Crippen molar-refractivity contribution < 1.29 is 19.4 Å². The summed E-state index contributed by atoms with van der Waals surface area (Å²) in [5, 5.41) is 8.66. The zero-order chi connectivity index (χ0) is 17.5. The van der Waals surface area contributed by atoms with E-state index in [4.69, 9.17) is 9.84 Å². The van der Waals surface area contributed by atoms with Gasteiger partial charge in [-0.2, -0.15) is 0 Å². The summed E-state index contributed by atoms with van der Waals surface area (Å²) in [5.74, 6) is -0.0279. The van der Waals surface area contributed by atoms with Crippen LogP contribution in [0.2, 0.25) is 0 Å². The first kappa shape index (κ1) is 18.3. The van der Waals surface area contributed by atoms with Crippen LogP contribution in [0.3, 0.4) is 0 Å². The van der Waals surface area contributed by atoms with Gasteiger partial charge in [-0.25, -0.2) is 0 Å². The van der Waals surface area contributed by atoms with Crippen molar-refractivity contribution in [2.24, 2.45) is 0 Å². The Balaban J connectivity index is 1.71. The van der Waals surface area contributed by atoms with Crippen molar-refractivity contribution in [1.29, 1.82) is 0 Å². The first-order valence-electron chi connectivity index (χ1n) is 8.37. The Morgan fingerprint density at radius 2 is 1.71 bits per heavy atom. The van der Waals surface area contributed by atoms with E-state index >= 15 is 0 Å². The molecule has 1 fully saturated rings. The Hall–Kier alpha value is -2.08. The summed E-state index contributed by atoms with van der Waals surface area (Å²) in [6.45, 7) is 7.75. The molecule has 6 nitrogen and oxygen atoms in total. The van der Waals surface area contributed by atoms with Crippen molar-refractivity contribution in [3.63, 3.8) is 0 Å². The maximum absolute atomic E-state index is 12.3. The number of carboxylic acid groups (broad SMARTS) is 1. The van der Waals surface area contributed by atoms with E-state index in [1.165, 1.54) is 0 Å². The van der Waals surface area contributed by atoms with E-state index in [-0.39, 0.29) is 18.9 Å². The Kier molecular flexibility index (Phi) is 6.61. The van der Waals surface area contributed by atoms with Gasteiger partial charge in [0.25, 0.3) is 5.91 Å². The van der Waals surface area contributed by atoms with Crippen molar-refractivity contribution in [2.75, 3.05) is 39.3 Å². The van der Waals surface area contributed by atoms with Gasteiger partial charge in [0, 0.05) is 32.6 Å². The van der Waals surface area contributed by atoms with Crippen LogP contribution in [-0.4, -0.2) is 66.1 Å². The number of rotatable bonds is 7. The number of hydrogen-bond donors (Lipinski definition) is 1. The highest BCUT2D eigenvalue weighted by Gasteiger charge is 2.21. The summed E-state index contributed by atoms with van der Waals surface area (Å²) in [5.41, 5.74) is 2.24. The molecular weight excluding hydrogens is 308 g/mol. The average molecular weight is 334 g/mol. The van der Waals surface area contributed by atoms with Gasteiger partial charge in [-0.05, 0) is 50.1 Å². The predicted molar refractivity (Wildman–Crippen MR) is 91.3 cm³/mol. The van der Waals surface area contributed by atoms with E-state index in [1.54, 1.807) is 0 Å². The number of piperazine rings is 1. The SMILES string of the molecule is Cc1cc(C)cc(OCC(=O)N2CCN(CCCC(=O)O)CC2)c1. The molecule has 0 unspecified atom stereocenters. The van der Waals surface area contributed by atoms with Gasteiger partial charge in [0.05, 0.1) is 0 Å². The predicted octanol–water partition coefficient (Wildman–Crippen LogP) is 1.69. The van der Waals surface area contributed by atoms with Crippen LogP contribution >= 0.6 is 0 Å². The molecule has 0 bridgehead atoms. The molecule has 1 N–H and O–H groups in total. The molecule has 0 atom stereocenters. The smallest absolute Gasteiger partial charge is 0.303 e. The summed E-state index contributed by atoms with van der Waals surface area (Å²) in [4.78, 5) is 26.8. The number of carboxylic acids is 1. The third kappa shape index (κ3) is 5.85. The van der Waals surface area contributed by atoms with Gasteiger partial charge in [0.15, 0.2) is 6.61 Å². The zero-order valence-electron chi connectivity index (χ0n) is 14.5. The first-order valence-corrected chi connectivity index (χ1v) is 8.37. The number of aliphatic carboxylic acids is 1. The van der Waals surface area contributed by atoms with Gasteiger partial charge in [-0.1, -0.05) is 6.07 Å². The largest absolute Gasteiger partial charge is 0.484 e. The average Bonchev–Trinajstić information content (AvgIpc) is 2.52. The Bertz CT molecular complexity index is 560. The van der Waals surface area contributed by atoms with Gasteiger partial charge in [-0.3, -0.25) is 14.5 Å². The fourth-order valence-electron chi connectivity index (χ4n) is 2.93. The summed E-state index contributed by atoms with van der Waals surface area (Å²) in [6.07, 6.45) is 0.849. The van der Waals surface area contributed by atoms with Gasteiger partial charge >= 0.3 is 5.97 Å². The molecular formula is C18H26N2O4. The third-order valence-corrected chi connectivity index (χ3v) is 4.15. The number of nitrogens with zero attached hydrogens (tertiary/aromatic N) is 2. The Labute approximate surface area is 143 Å². The second kappa shape index (κ2) is 8.68. The van der Waals surface area contributed by atoms with E-state index < -0.39 is 5.97 Å². The quantitative estimate of drug-likeness (QED) is 0.822. The maximum atomic E-state index is 12.3. The molecule has 1 aromatic rings. The normalized spacial score (nSPS) is 15.3. The van der Waals surface area contributed by atoms with Gasteiger partial charge in [0.1, 0.15) is 5.75 Å². The van der Waals surface area contributed by atoms with E-state index in [2.05, 4.69) is 11.0 Å². The van der Waals surface area contributed by atoms with Gasteiger partial charge < -0.3 is 14.7 Å². The lowest BCUT2D eigenvalue weighted by Gasteiger charge is -2.34. The first-order chi connectivity index (χ1) is 11.4. The highest BCUT2D eigenvalue weighted by Crippen LogP contribution is 2.16. The third-order valence-electron chi connectivity index (χ3n) is 4.15. The molecule has 0 aliphatic carbocycles. The van der Waals surface area contributed by atoms with E-state index in [1.807, 2.05) is 30.9 Å². The highest BCUT2D eigenvalue weighted by molar-refractivity contribution is 5.77. The van der Waals surface area contributed by atoms with Crippen LogP contribution in [-0.2, 0) is 9.59 Å². The zero-order valence-corrected chi connectivity index (χ0v) is 14.5. The molecule has 0 radical (unpaired) electrons. The van der Waals surface area contributed by atoms with E-state index in [9.17, 15) is 9.59 Å². The van der Waals surface area contributed by atoms with E-state index in [0.717, 1.165) is 36.5 Å². The fraction of sp³-hybridized carbons (Fsp3) is 0.556. The molecule has 1 aliphatic rings. The standard InChI is InChI=1S/C18H26N2O4/c1-14-10-15(2)12-16(11-14)24-13-17(21)20-8-6-19(7-9-20)5-3-4-18(22)23/h10-12H,3-9,13H2,1-2H3,(H,22,23). The molecule has 24 heavy (non-hydrogen) atoms. The number of aryl methyl sites for hydroxylation is 2. The number of ether oxygens (including phenoxy) is 1. The number of amides is 1. The molecule has 1 amide bonds. The van der Waals surface area contributed by atoms with Crippen molar-refractivity contribution in [3.05, 3.63) is 29.3 Å². The highest BCUT2D eigenvalue weighted by atomic mass is 16.5. The van der Waals surface area contributed by atoms with Crippen LogP contribution in [0.15, 0.2) is 18.2 Å². The molecule has 2 rings (SSSR count). The van der Waals surface area contributed by atoms with Crippen LogP contribution in [0.5, 0.6) is 5.75 Å². The minimum Gasteiger partial charge on any atom is -0.484 e. The molecule has 6 heteroatoms. The lowest BCUT2D eigenvalue weighted by atomic mass is 10.1. The topological polar surface area (TPSA) is 70.1 Å². The number of hydrogen-bond acceptors (Lipinski definition) is 4. The Morgan fingerprint density at radius 3 is 2.29 bits per heavy atom. The number of carbonyl (C=O) groups excluding carboxylic acids is 1. The minimum atomic E-state index is -0.757. The fourth-order valence-corrected chi connectivity index (χ4v) is 2.93. The second-order valence-corrected chi connectivity index (χ2v) is 6.33. The van der Waals surface area contributed by atoms with Crippen molar-refractivity contribution >= 4 is 11.9 Å². The minimum absolute atomic E-state index is 0.000606. The van der Waals surface area contributed by atoms with Crippen LogP contribution in [0.25, 0.3) is 0 Å². The van der Waals surface area contributed by atoms with Gasteiger partial charge in [0.2, 0.25) is 0 Å². The molecule has 1 aromatic carbocycles. The summed E-state index contributed by atoms with van der Waals surface area (Å²) in [7, 11) is 0. The number of benzene rings is 1. The van der Waals surface area contributed by atoms with Crippen LogP contribution in [0.1, 0.15) is 24.0 Å². The van der Waals surface area contributed by atoms with Crippen molar-refractivity contribution in [1.82, 2.24) is 9.80 Å². The lowest BCUT2D eigenvalue weighted by molar-refractivity contribution is -0.137. The number of carbonyl (C=O) groups is 2. The monoisotopic (exact) mass is 334 g/mol. The van der Waals surface area contributed by atoms with Crippen molar-refractivity contribution in [2.45, 2.75) is 26.7 Å². The molecule has 1 heterocycles. The van der Waals surface area contributed by atoms with Crippen LogP contribution < -0.4 is 4.74 Å². The second-order valence-electron chi connectivity index (χ2n) is 6.33. The Morgan fingerprint density at radius 1 is 1.08 bits per heavy atom.